The summed E-state index contributed by atoms with van der Waals surface area (Å²) in [5, 5.41) is 16.5. The lowest BCUT2D eigenvalue weighted by Gasteiger charge is -2.10. The summed E-state index contributed by atoms with van der Waals surface area (Å²) in [6.07, 6.45) is 1.52. The van der Waals surface area contributed by atoms with Crippen LogP contribution in [0.25, 0.3) is 0 Å². The maximum Gasteiger partial charge on any atom is 0.240 e. The highest BCUT2D eigenvalue weighted by Gasteiger charge is 2.10. The number of ether oxygens (including phenoxy) is 1. The van der Waals surface area contributed by atoms with Crippen LogP contribution >= 0.6 is 22.6 Å². The zero-order valence-electron chi connectivity index (χ0n) is 15.9. The van der Waals surface area contributed by atoms with Crippen LogP contribution < -0.4 is 15.5 Å². The van der Waals surface area contributed by atoms with Gasteiger partial charge in [0, 0.05) is 18.5 Å². The number of hydrogen-bond donors (Lipinski definition) is 3. The average Bonchev–Trinajstić information content (AvgIpc) is 2.66. The molecule has 7 nitrogen and oxygen atoms in total. The molecule has 0 bridgehead atoms. The summed E-state index contributed by atoms with van der Waals surface area (Å²) in [7, 11) is 1.46. The van der Waals surface area contributed by atoms with E-state index in [9.17, 15) is 14.7 Å². The number of halogens is 1. The Balaban J connectivity index is 1.84. The van der Waals surface area contributed by atoms with Gasteiger partial charge in [-0.3, -0.25) is 9.59 Å². The SMILES string of the molecule is COc1cc(/C=N/NC(=O)CCC(=O)Nc2cccc(C)c2C)cc(I)c1O. The van der Waals surface area contributed by atoms with Crippen molar-refractivity contribution in [1.29, 1.82) is 0 Å². The van der Waals surface area contributed by atoms with Gasteiger partial charge in [0.05, 0.1) is 16.9 Å². The molecule has 2 aromatic carbocycles. The molecule has 0 heterocycles. The molecule has 0 aliphatic rings. The molecule has 8 heteroatoms. The highest BCUT2D eigenvalue weighted by Crippen LogP contribution is 2.31. The molecular formula is C20H22IN3O4. The Bertz CT molecular complexity index is 913. The van der Waals surface area contributed by atoms with Crippen molar-refractivity contribution in [3.63, 3.8) is 0 Å². The second kappa shape index (κ2) is 10.1. The second-order valence-electron chi connectivity index (χ2n) is 6.14. The lowest BCUT2D eigenvalue weighted by Crippen LogP contribution is -2.21. The molecule has 28 heavy (non-hydrogen) atoms. The van der Waals surface area contributed by atoms with Crippen molar-refractivity contribution in [3.8, 4) is 11.5 Å². The zero-order chi connectivity index (χ0) is 20.7. The fourth-order valence-corrected chi connectivity index (χ4v) is 3.01. The fourth-order valence-electron chi connectivity index (χ4n) is 2.38. The summed E-state index contributed by atoms with van der Waals surface area (Å²) in [6, 6.07) is 8.98. The Labute approximate surface area is 177 Å². The summed E-state index contributed by atoms with van der Waals surface area (Å²) >= 11 is 1.97. The van der Waals surface area contributed by atoms with Gasteiger partial charge in [-0.05, 0) is 71.3 Å². The number of aromatic hydroxyl groups is 1. The van der Waals surface area contributed by atoms with Crippen molar-refractivity contribution in [3.05, 3.63) is 50.6 Å². The number of carbonyl (C=O) groups excluding carboxylic acids is 2. The molecule has 0 fully saturated rings. The van der Waals surface area contributed by atoms with Gasteiger partial charge < -0.3 is 15.2 Å². The molecular weight excluding hydrogens is 473 g/mol. The maximum atomic E-state index is 12.0. The van der Waals surface area contributed by atoms with Crippen molar-refractivity contribution in [1.82, 2.24) is 5.43 Å². The van der Waals surface area contributed by atoms with E-state index >= 15 is 0 Å². The number of anilines is 1. The fraction of sp³-hybridized carbons (Fsp3) is 0.250. The number of hydrogen-bond acceptors (Lipinski definition) is 5. The van der Waals surface area contributed by atoms with E-state index in [1.165, 1.54) is 13.3 Å². The van der Waals surface area contributed by atoms with E-state index in [4.69, 9.17) is 4.74 Å². The summed E-state index contributed by atoms with van der Waals surface area (Å²) in [6.45, 7) is 3.91. The number of phenolic OH excluding ortho intramolecular Hbond substituents is 1. The first kappa shape index (κ1) is 21.7. The highest BCUT2D eigenvalue weighted by atomic mass is 127. The van der Waals surface area contributed by atoms with Crippen LogP contribution in [0.2, 0.25) is 0 Å². The van der Waals surface area contributed by atoms with Crippen molar-refractivity contribution < 1.29 is 19.4 Å². The lowest BCUT2D eigenvalue weighted by molar-refractivity contribution is -0.124. The molecule has 0 aliphatic heterocycles. The second-order valence-corrected chi connectivity index (χ2v) is 7.30. The number of phenols is 1. The standard InChI is InChI=1S/C20H22IN3O4/c1-12-5-4-6-16(13(12)2)23-18(25)7-8-19(26)24-22-11-14-9-15(21)20(27)17(10-14)28-3/h4-6,9-11,27H,7-8H2,1-3H3,(H,23,25)(H,24,26)/b22-11+. The molecule has 148 valence electrons. The van der Waals surface area contributed by atoms with E-state index in [-0.39, 0.29) is 30.4 Å². The quantitative estimate of drug-likeness (QED) is 0.311. The smallest absolute Gasteiger partial charge is 0.240 e. The monoisotopic (exact) mass is 495 g/mol. The zero-order valence-corrected chi connectivity index (χ0v) is 18.0. The summed E-state index contributed by atoms with van der Waals surface area (Å²) in [5.41, 5.74) is 5.89. The Morgan fingerprint density at radius 2 is 1.93 bits per heavy atom. The van der Waals surface area contributed by atoms with Gasteiger partial charge in [-0.15, -0.1) is 0 Å². The molecule has 0 aromatic heterocycles. The molecule has 3 N–H and O–H groups in total. The number of benzene rings is 2. The van der Waals surface area contributed by atoms with Crippen LogP contribution in [0.5, 0.6) is 11.5 Å². The Hall–Kier alpha value is -2.62. The van der Waals surface area contributed by atoms with Gasteiger partial charge >= 0.3 is 0 Å². The third kappa shape index (κ3) is 5.95. The van der Waals surface area contributed by atoms with E-state index in [1.807, 2.05) is 54.6 Å². The first-order valence-electron chi connectivity index (χ1n) is 8.56. The van der Waals surface area contributed by atoms with Crippen LogP contribution in [0.1, 0.15) is 29.5 Å². The van der Waals surface area contributed by atoms with Gasteiger partial charge in [0.2, 0.25) is 11.8 Å². The van der Waals surface area contributed by atoms with Crippen LogP contribution in [0, 0.1) is 17.4 Å². The first-order chi connectivity index (χ1) is 13.3. The van der Waals surface area contributed by atoms with Crippen molar-refractivity contribution in [2.45, 2.75) is 26.7 Å². The van der Waals surface area contributed by atoms with Crippen LogP contribution in [0.15, 0.2) is 35.4 Å². The van der Waals surface area contributed by atoms with E-state index in [1.54, 1.807) is 12.1 Å². The summed E-state index contributed by atoms with van der Waals surface area (Å²) in [5.74, 6) is -0.222. The average molecular weight is 495 g/mol. The number of carbonyl (C=O) groups is 2. The normalized spacial score (nSPS) is 10.7. The van der Waals surface area contributed by atoms with Gasteiger partial charge in [0.15, 0.2) is 11.5 Å². The van der Waals surface area contributed by atoms with Gasteiger partial charge in [-0.2, -0.15) is 5.10 Å². The Morgan fingerprint density at radius 3 is 2.64 bits per heavy atom. The van der Waals surface area contributed by atoms with Crippen molar-refractivity contribution in [2.75, 3.05) is 12.4 Å². The summed E-state index contributed by atoms with van der Waals surface area (Å²) in [4.78, 5) is 23.9. The lowest BCUT2D eigenvalue weighted by atomic mass is 10.1. The van der Waals surface area contributed by atoms with E-state index in [0.717, 1.165) is 16.8 Å². The molecule has 2 rings (SSSR count). The van der Waals surface area contributed by atoms with Crippen molar-refractivity contribution in [2.24, 2.45) is 5.10 Å². The number of nitrogens with zero attached hydrogens (tertiary/aromatic N) is 1. The minimum atomic E-state index is -0.368. The number of aryl methyl sites for hydroxylation is 1. The minimum absolute atomic E-state index is 0.0183. The van der Waals surface area contributed by atoms with E-state index < -0.39 is 0 Å². The van der Waals surface area contributed by atoms with Gasteiger partial charge in [0.25, 0.3) is 0 Å². The largest absolute Gasteiger partial charge is 0.504 e. The predicted molar refractivity (Wildman–Crippen MR) is 117 cm³/mol. The predicted octanol–water partition coefficient (Wildman–Crippen LogP) is 3.49. The minimum Gasteiger partial charge on any atom is -0.504 e. The molecule has 0 radical (unpaired) electrons. The third-order valence-electron chi connectivity index (χ3n) is 4.13. The van der Waals surface area contributed by atoms with Crippen LogP contribution in [0.3, 0.4) is 0 Å². The van der Waals surface area contributed by atoms with Crippen LogP contribution in [-0.4, -0.2) is 30.2 Å². The number of rotatable bonds is 7. The number of nitrogens with one attached hydrogen (secondary N) is 2. The molecule has 0 spiro atoms. The Kier molecular flexibility index (Phi) is 7.80. The summed E-state index contributed by atoms with van der Waals surface area (Å²) < 4.78 is 5.68. The maximum absolute atomic E-state index is 12.0. The van der Waals surface area contributed by atoms with Gasteiger partial charge in [-0.1, -0.05) is 12.1 Å². The number of hydrazone groups is 1. The molecule has 0 unspecified atom stereocenters. The molecule has 0 aliphatic carbocycles. The third-order valence-corrected chi connectivity index (χ3v) is 4.95. The topological polar surface area (TPSA) is 100 Å². The molecule has 0 saturated carbocycles. The number of methoxy groups -OCH3 is 1. The van der Waals surface area contributed by atoms with Gasteiger partial charge in [-0.25, -0.2) is 5.43 Å². The molecule has 2 aromatic rings. The first-order valence-corrected chi connectivity index (χ1v) is 9.64. The molecule has 0 atom stereocenters. The van der Waals surface area contributed by atoms with Crippen LogP contribution in [0.4, 0.5) is 5.69 Å². The van der Waals surface area contributed by atoms with E-state index in [0.29, 0.717) is 14.9 Å². The highest BCUT2D eigenvalue weighted by molar-refractivity contribution is 14.1. The Morgan fingerprint density at radius 1 is 1.21 bits per heavy atom. The molecule has 0 saturated heterocycles. The van der Waals surface area contributed by atoms with Gasteiger partial charge in [0.1, 0.15) is 0 Å². The number of amides is 2. The molecule has 2 amide bonds. The van der Waals surface area contributed by atoms with Crippen molar-refractivity contribution >= 4 is 46.3 Å². The van der Waals surface area contributed by atoms with Crippen LogP contribution in [-0.2, 0) is 9.59 Å². The van der Waals surface area contributed by atoms with E-state index in [2.05, 4.69) is 15.8 Å².